The Morgan fingerprint density at radius 3 is 0.745 bits per heavy atom. The number of hydrogen-bond donors (Lipinski definition) is 0. The van der Waals surface area contributed by atoms with Crippen molar-refractivity contribution in [3.05, 3.63) is 351 Å². The van der Waals surface area contributed by atoms with Crippen molar-refractivity contribution in [1.29, 1.82) is 0 Å². The van der Waals surface area contributed by atoms with Crippen molar-refractivity contribution in [1.82, 2.24) is 48.2 Å². The fraction of sp³-hybridized carbons (Fsp3) is 0.0217. The standard InChI is InChI=1S/2C46H31N5/c1-30-12-11-15-33(28-30)46-48-44(31-13-3-2-4-14-31)47-45(49-46)32-22-24-34(25-23-32)50-42-21-10-7-18-38(42)39-29-35(26-27-43(39)50)51-40-19-8-5-16-36(40)37-17-6-9-20-41(37)51;1-30-19-21-32(22-20-30)45-47-44(31-11-3-2-4-12-31)48-46(49-45)33-23-25-34(26-24-33)50-42-18-10-7-15-38(42)39-29-35(27-28-43(39)50)51-40-16-8-5-13-36(40)37-14-6-9-17-41(37)51/h2*2-29H,1H3. The molecule has 102 heavy (non-hydrogen) atoms. The third-order valence-electron chi connectivity index (χ3n) is 19.7. The number of rotatable bonds is 10. The predicted octanol–water partition coefficient (Wildman–Crippen LogP) is 22.8. The molecule has 0 fully saturated rings. The summed E-state index contributed by atoms with van der Waals surface area (Å²) in [6, 6.07) is 120. The molecule has 0 spiro atoms. The van der Waals surface area contributed by atoms with Crippen molar-refractivity contribution >= 4 is 87.2 Å². The van der Waals surface area contributed by atoms with Crippen molar-refractivity contribution in [3.63, 3.8) is 0 Å². The first-order valence-electron chi connectivity index (χ1n) is 34.4. The van der Waals surface area contributed by atoms with Crippen LogP contribution in [0.1, 0.15) is 11.1 Å². The molecule has 0 bridgehead atoms. The van der Waals surface area contributed by atoms with Gasteiger partial charge in [0.05, 0.1) is 44.1 Å². The highest BCUT2D eigenvalue weighted by molar-refractivity contribution is 6.14. The van der Waals surface area contributed by atoms with Gasteiger partial charge in [0.2, 0.25) is 0 Å². The molecule has 20 aromatic rings. The van der Waals surface area contributed by atoms with E-state index in [2.05, 4.69) is 305 Å². The predicted molar refractivity (Wildman–Crippen MR) is 419 cm³/mol. The van der Waals surface area contributed by atoms with Crippen molar-refractivity contribution in [2.75, 3.05) is 0 Å². The third-order valence-corrected chi connectivity index (χ3v) is 19.7. The lowest BCUT2D eigenvalue weighted by molar-refractivity contribution is 1.07. The molecule has 6 heterocycles. The SMILES string of the molecule is Cc1ccc(-c2nc(-c3ccccc3)nc(-c3ccc(-n4c5ccccc5c5cc(-n6c7ccccc7c7ccccc76)ccc54)cc3)n2)cc1.Cc1cccc(-c2nc(-c3ccccc3)nc(-c3ccc(-n4c5ccccc5c5cc(-n6c7ccccc7c7ccccc76)ccc54)cc3)n2)c1. The van der Waals surface area contributed by atoms with E-state index < -0.39 is 0 Å². The Hall–Kier alpha value is -13.7. The van der Waals surface area contributed by atoms with E-state index in [1.807, 2.05) is 66.7 Å². The second kappa shape index (κ2) is 24.7. The van der Waals surface area contributed by atoms with Crippen molar-refractivity contribution in [2.45, 2.75) is 13.8 Å². The lowest BCUT2D eigenvalue weighted by atomic mass is 10.1. The zero-order chi connectivity index (χ0) is 67.8. The average Bonchev–Trinajstić information content (AvgIpc) is 1.56. The van der Waals surface area contributed by atoms with Crippen LogP contribution in [0.15, 0.2) is 340 Å². The van der Waals surface area contributed by atoms with Crippen molar-refractivity contribution < 1.29 is 0 Å². The van der Waals surface area contributed by atoms with Crippen LogP contribution in [0.3, 0.4) is 0 Å². The van der Waals surface area contributed by atoms with Crippen LogP contribution in [0.25, 0.3) is 178 Å². The average molecular weight is 1310 g/mol. The zero-order valence-corrected chi connectivity index (χ0v) is 55.8. The molecule has 20 rings (SSSR count). The molecule has 10 heteroatoms. The molecule has 0 aliphatic rings. The molecule has 10 nitrogen and oxygen atoms in total. The van der Waals surface area contributed by atoms with Gasteiger partial charge in [-0.05, 0) is 141 Å². The van der Waals surface area contributed by atoms with Crippen LogP contribution in [0.5, 0.6) is 0 Å². The molecule has 0 amide bonds. The summed E-state index contributed by atoms with van der Waals surface area (Å²) in [5, 5.41) is 9.89. The van der Waals surface area contributed by atoms with Crippen LogP contribution in [-0.4, -0.2) is 48.2 Å². The maximum Gasteiger partial charge on any atom is 0.164 e. The van der Waals surface area contributed by atoms with Crippen molar-refractivity contribution in [3.8, 4) is 91.1 Å². The molecule has 0 saturated carbocycles. The maximum atomic E-state index is 4.98. The summed E-state index contributed by atoms with van der Waals surface area (Å²) in [7, 11) is 0. The number of nitrogens with zero attached hydrogens (tertiary/aromatic N) is 10. The van der Waals surface area contributed by atoms with E-state index in [0.29, 0.717) is 34.9 Å². The molecule has 6 aromatic heterocycles. The van der Waals surface area contributed by atoms with Gasteiger partial charge in [-0.1, -0.05) is 223 Å². The first-order chi connectivity index (χ1) is 50.4. The summed E-state index contributed by atoms with van der Waals surface area (Å²) < 4.78 is 9.47. The molecule has 0 unspecified atom stereocenters. The molecule has 14 aromatic carbocycles. The Morgan fingerprint density at radius 1 is 0.167 bits per heavy atom. The Morgan fingerprint density at radius 2 is 0.412 bits per heavy atom. The van der Waals surface area contributed by atoms with Gasteiger partial charge >= 0.3 is 0 Å². The first-order valence-corrected chi connectivity index (χ1v) is 34.4. The van der Waals surface area contributed by atoms with E-state index in [1.54, 1.807) is 0 Å². The molecular weight excluding hydrogens is 1250 g/mol. The fourth-order valence-electron chi connectivity index (χ4n) is 14.9. The Labute approximate surface area is 587 Å². The second-order valence-corrected chi connectivity index (χ2v) is 26.0. The van der Waals surface area contributed by atoms with Crippen LogP contribution >= 0.6 is 0 Å². The topological polar surface area (TPSA) is 97.1 Å². The van der Waals surface area contributed by atoms with Gasteiger partial charge in [0.1, 0.15) is 0 Å². The summed E-state index contributed by atoms with van der Waals surface area (Å²) in [5.74, 6) is 3.91. The Balaban J connectivity index is 0.000000141. The monoisotopic (exact) mass is 1310 g/mol. The van der Waals surface area contributed by atoms with Crippen molar-refractivity contribution in [2.24, 2.45) is 0 Å². The van der Waals surface area contributed by atoms with Gasteiger partial charge in [0.15, 0.2) is 34.9 Å². The van der Waals surface area contributed by atoms with Crippen LogP contribution in [0, 0.1) is 13.8 Å². The van der Waals surface area contributed by atoms with E-state index in [0.717, 1.165) is 83.8 Å². The summed E-state index contributed by atoms with van der Waals surface area (Å²) in [4.78, 5) is 29.6. The quantitative estimate of drug-likeness (QED) is 0.135. The maximum absolute atomic E-state index is 4.98. The Bertz CT molecular complexity index is 6520. The van der Waals surface area contributed by atoms with Gasteiger partial charge in [-0.3, -0.25) is 0 Å². The molecule has 0 radical (unpaired) electrons. The minimum Gasteiger partial charge on any atom is -0.309 e. The molecule has 0 atom stereocenters. The molecule has 0 saturated heterocycles. The number of aryl methyl sites for hydroxylation is 2. The molecule has 0 aliphatic carbocycles. The van der Waals surface area contributed by atoms with E-state index in [-0.39, 0.29) is 0 Å². The van der Waals surface area contributed by atoms with E-state index >= 15 is 0 Å². The first kappa shape index (κ1) is 59.6. The summed E-state index contributed by atoms with van der Waals surface area (Å²) in [5.41, 5.74) is 22.0. The van der Waals surface area contributed by atoms with E-state index in [1.165, 1.54) is 70.7 Å². The molecule has 480 valence electrons. The second-order valence-electron chi connectivity index (χ2n) is 26.0. The van der Waals surface area contributed by atoms with Crippen LogP contribution < -0.4 is 0 Å². The normalized spacial score (nSPS) is 11.6. The Kier molecular flexibility index (Phi) is 14.4. The lowest BCUT2D eigenvalue weighted by Crippen LogP contribution is -2.00. The summed E-state index contributed by atoms with van der Waals surface area (Å²) >= 11 is 0. The van der Waals surface area contributed by atoms with Gasteiger partial charge in [-0.15, -0.1) is 0 Å². The minimum atomic E-state index is 0.643. The third kappa shape index (κ3) is 10.4. The lowest BCUT2D eigenvalue weighted by Gasteiger charge is -2.11. The van der Waals surface area contributed by atoms with E-state index in [9.17, 15) is 0 Å². The number of para-hydroxylation sites is 6. The summed E-state index contributed by atoms with van der Waals surface area (Å²) in [6.45, 7) is 4.17. The number of hydrogen-bond acceptors (Lipinski definition) is 6. The molecular formula is C92H62N10. The van der Waals surface area contributed by atoms with Gasteiger partial charge in [-0.2, -0.15) is 0 Å². The largest absolute Gasteiger partial charge is 0.309 e. The number of aromatic nitrogens is 10. The van der Waals surface area contributed by atoms with Gasteiger partial charge in [0.25, 0.3) is 0 Å². The molecule has 0 N–H and O–H groups in total. The highest BCUT2D eigenvalue weighted by atomic mass is 15.1. The van der Waals surface area contributed by atoms with Crippen LogP contribution in [0.2, 0.25) is 0 Å². The molecule has 0 aliphatic heterocycles. The highest BCUT2D eigenvalue weighted by Crippen LogP contribution is 2.41. The summed E-state index contributed by atoms with van der Waals surface area (Å²) in [6.07, 6.45) is 0. The van der Waals surface area contributed by atoms with E-state index in [4.69, 9.17) is 29.9 Å². The fourth-order valence-corrected chi connectivity index (χ4v) is 14.9. The minimum absolute atomic E-state index is 0.643. The van der Waals surface area contributed by atoms with Gasteiger partial charge in [0, 0.05) is 99.2 Å². The van der Waals surface area contributed by atoms with Crippen LogP contribution in [0.4, 0.5) is 0 Å². The van der Waals surface area contributed by atoms with Gasteiger partial charge < -0.3 is 18.3 Å². The number of fused-ring (bicyclic) bond motifs is 12. The smallest absolute Gasteiger partial charge is 0.164 e. The van der Waals surface area contributed by atoms with Gasteiger partial charge in [-0.25, -0.2) is 29.9 Å². The highest BCUT2D eigenvalue weighted by Gasteiger charge is 2.21. The zero-order valence-electron chi connectivity index (χ0n) is 55.8. The number of benzene rings is 14. The van der Waals surface area contributed by atoms with Crippen LogP contribution in [-0.2, 0) is 0 Å².